The van der Waals surface area contributed by atoms with E-state index in [1.165, 1.54) is 0 Å². The number of ether oxygens (including phenoxy) is 1. The van der Waals surface area contributed by atoms with Gasteiger partial charge in [0.25, 0.3) is 0 Å². The highest BCUT2D eigenvalue weighted by molar-refractivity contribution is 5.73. The molecule has 2 unspecified atom stereocenters. The zero-order valence-electron chi connectivity index (χ0n) is 7.08. The van der Waals surface area contributed by atoms with Gasteiger partial charge in [-0.1, -0.05) is 6.42 Å². The van der Waals surface area contributed by atoms with Crippen LogP contribution in [0.1, 0.15) is 25.7 Å². The molecule has 0 aromatic heterocycles. The third-order valence-corrected chi connectivity index (χ3v) is 2.11. The quantitative estimate of drug-likeness (QED) is 0.669. The molecule has 0 aromatic rings. The molecule has 1 aliphatic carbocycles. The summed E-state index contributed by atoms with van der Waals surface area (Å²) in [5, 5.41) is 9.28. The Balaban J connectivity index is 2.38. The largest absolute Gasteiger partial charge is 0.455 e. The summed E-state index contributed by atoms with van der Waals surface area (Å²) in [5.41, 5.74) is 0. The summed E-state index contributed by atoms with van der Waals surface area (Å²) >= 11 is 0. The molecule has 0 heterocycles. The molecule has 0 spiro atoms. The van der Waals surface area contributed by atoms with E-state index in [9.17, 15) is 18.7 Å². The molecule has 1 fully saturated rings. The first kappa shape index (κ1) is 10.4. The van der Waals surface area contributed by atoms with Crippen molar-refractivity contribution in [1.82, 2.24) is 0 Å². The maximum absolute atomic E-state index is 11.8. The lowest BCUT2D eigenvalue weighted by Crippen LogP contribution is -2.35. The second-order valence-corrected chi connectivity index (χ2v) is 3.13. The van der Waals surface area contributed by atoms with Crippen molar-refractivity contribution in [2.24, 2.45) is 0 Å². The van der Waals surface area contributed by atoms with Gasteiger partial charge in [0, 0.05) is 0 Å². The molecule has 1 rings (SSSR count). The Bertz CT molecular complexity index is 184. The van der Waals surface area contributed by atoms with Crippen molar-refractivity contribution in [3.05, 3.63) is 0 Å². The van der Waals surface area contributed by atoms with Crippen molar-refractivity contribution in [2.75, 3.05) is 0 Å². The maximum Gasteiger partial charge on any atom is 0.374 e. The SMILES string of the molecule is O=C(OC1CCCCC1O)C(F)F. The van der Waals surface area contributed by atoms with Crippen LogP contribution in [0.4, 0.5) is 8.78 Å². The average molecular weight is 194 g/mol. The molecule has 1 aliphatic rings. The van der Waals surface area contributed by atoms with E-state index < -0.39 is 24.6 Å². The minimum absolute atomic E-state index is 0.472. The minimum atomic E-state index is -3.10. The molecule has 1 saturated carbocycles. The van der Waals surface area contributed by atoms with Crippen LogP contribution in [-0.2, 0) is 9.53 Å². The van der Waals surface area contributed by atoms with Gasteiger partial charge in [-0.2, -0.15) is 8.78 Å². The van der Waals surface area contributed by atoms with Crippen LogP contribution in [0.5, 0.6) is 0 Å². The van der Waals surface area contributed by atoms with Crippen molar-refractivity contribution in [3.63, 3.8) is 0 Å². The van der Waals surface area contributed by atoms with E-state index in [2.05, 4.69) is 4.74 Å². The predicted molar refractivity (Wildman–Crippen MR) is 40.4 cm³/mol. The highest BCUT2D eigenvalue weighted by Crippen LogP contribution is 2.21. The van der Waals surface area contributed by atoms with Crippen LogP contribution in [0.15, 0.2) is 0 Å². The number of aliphatic hydroxyl groups is 1. The van der Waals surface area contributed by atoms with Gasteiger partial charge in [-0.05, 0) is 19.3 Å². The van der Waals surface area contributed by atoms with E-state index in [1.807, 2.05) is 0 Å². The summed E-state index contributed by atoms with van der Waals surface area (Å²) in [5.74, 6) is -1.54. The van der Waals surface area contributed by atoms with E-state index in [-0.39, 0.29) is 0 Å². The summed E-state index contributed by atoms with van der Waals surface area (Å²) in [6.45, 7) is 0. The van der Waals surface area contributed by atoms with E-state index in [1.54, 1.807) is 0 Å². The number of rotatable bonds is 2. The van der Waals surface area contributed by atoms with E-state index >= 15 is 0 Å². The summed E-state index contributed by atoms with van der Waals surface area (Å²) in [6.07, 6.45) is -1.98. The molecule has 0 amide bonds. The first-order valence-corrected chi connectivity index (χ1v) is 4.28. The van der Waals surface area contributed by atoms with Gasteiger partial charge in [-0.3, -0.25) is 0 Å². The van der Waals surface area contributed by atoms with E-state index in [0.29, 0.717) is 12.8 Å². The number of carbonyl (C=O) groups excluding carboxylic acids is 1. The second kappa shape index (κ2) is 4.50. The zero-order chi connectivity index (χ0) is 9.84. The Morgan fingerprint density at radius 3 is 2.54 bits per heavy atom. The molecule has 3 nitrogen and oxygen atoms in total. The highest BCUT2D eigenvalue weighted by Gasteiger charge is 2.29. The van der Waals surface area contributed by atoms with Crippen molar-refractivity contribution in [1.29, 1.82) is 0 Å². The molecule has 0 radical (unpaired) electrons. The zero-order valence-corrected chi connectivity index (χ0v) is 7.08. The molecule has 0 aliphatic heterocycles. The van der Waals surface area contributed by atoms with Gasteiger partial charge in [-0.25, -0.2) is 4.79 Å². The Labute approximate surface area is 74.7 Å². The van der Waals surface area contributed by atoms with Gasteiger partial charge in [0.05, 0.1) is 6.10 Å². The summed E-state index contributed by atoms with van der Waals surface area (Å²) in [4.78, 5) is 10.5. The monoisotopic (exact) mass is 194 g/mol. The van der Waals surface area contributed by atoms with Crippen molar-refractivity contribution >= 4 is 5.97 Å². The molecule has 0 saturated heterocycles. The number of alkyl halides is 2. The number of hydrogen-bond acceptors (Lipinski definition) is 3. The van der Waals surface area contributed by atoms with Crippen LogP contribution in [0.3, 0.4) is 0 Å². The number of esters is 1. The second-order valence-electron chi connectivity index (χ2n) is 3.13. The van der Waals surface area contributed by atoms with Gasteiger partial charge < -0.3 is 9.84 Å². The predicted octanol–water partition coefficient (Wildman–Crippen LogP) is 1.10. The smallest absolute Gasteiger partial charge is 0.374 e. The fourth-order valence-electron chi connectivity index (χ4n) is 1.42. The average Bonchev–Trinajstić information content (AvgIpc) is 2.08. The number of carbonyl (C=O) groups is 1. The Morgan fingerprint density at radius 1 is 1.38 bits per heavy atom. The van der Waals surface area contributed by atoms with Gasteiger partial charge >= 0.3 is 12.4 Å². The van der Waals surface area contributed by atoms with Crippen LogP contribution < -0.4 is 0 Å². The van der Waals surface area contributed by atoms with Crippen molar-refractivity contribution in [2.45, 2.75) is 44.3 Å². The number of aliphatic hydroxyl groups excluding tert-OH is 1. The molecule has 76 valence electrons. The molecule has 2 atom stereocenters. The standard InChI is InChI=1S/C8H12F2O3/c9-7(10)8(12)13-6-4-2-1-3-5(6)11/h5-7,11H,1-4H2. The van der Waals surface area contributed by atoms with Gasteiger partial charge in [0.1, 0.15) is 6.10 Å². The first-order chi connectivity index (χ1) is 6.11. The fourth-order valence-corrected chi connectivity index (χ4v) is 1.42. The normalized spacial score (nSPS) is 28.9. The first-order valence-electron chi connectivity index (χ1n) is 4.28. The third kappa shape index (κ3) is 2.91. The lowest BCUT2D eigenvalue weighted by atomic mass is 9.95. The molecule has 5 heteroatoms. The van der Waals surface area contributed by atoms with Crippen LogP contribution in [0.25, 0.3) is 0 Å². The van der Waals surface area contributed by atoms with Gasteiger partial charge in [-0.15, -0.1) is 0 Å². The van der Waals surface area contributed by atoms with Crippen LogP contribution in [0, 0.1) is 0 Å². The lowest BCUT2D eigenvalue weighted by Gasteiger charge is -2.26. The molecule has 0 bridgehead atoms. The fraction of sp³-hybridized carbons (Fsp3) is 0.875. The highest BCUT2D eigenvalue weighted by atomic mass is 19.3. The van der Waals surface area contributed by atoms with Crippen LogP contribution in [0.2, 0.25) is 0 Å². The molecule has 13 heavy (non-hydrogen) atoms. The van der Waals surface area contributed by atoms with Crippen LogP contribution in [-0.4, -0.2) is 29.7 Å². The van der Waals surface area contributed by atoms with Crippen molar-refractivity contribution < 1.29 is 23.4 Å². The van der Waals surface area contributed by atoms with E-state index in [4.69, 9.17) is 0 Å². The number of halogens is 2. The lowest BCUT2D eigenvalue weighted by molar-refractivity contribution is -0.170. The van der Waals surface area contributed by atoms with E-state index in [0.717, 1.165) is 12.8 Å². The Hall–Kier alpha value is -0.710. The number of hydrogen-bond donors (Lipinski definition) is 1. The van der Waals surface area contributed by atoms with Gasteiger partial charge in [0.2, 0.25) is 0 Å². The Kier molecular flexibility index (Phi) is 3.59. The topological polar surface area (TPSA) is 46.5 Å². The summed E-state index contributed by atoms with van der Waals surface area (Å²) in [6, 6.07) is 0. The molecular weight excluding hydrogens is 182 g/mol. The maximum atomic E-state index is 11.8. The van der Waals surface area contributed by atoms with Crippen LogP contribution >= 0.6 is 0 Å². The Morgan fingerprint density at radius 2 is 2.00 bits per heavy atom. The molecule has 0 aromatic carbocycles. The third-order valence-electron chi connectivity index (χ3n) is 2.11. The minimum Gasteiger partial charge on any atom is -0.455 e. The molecular formula is C8H12F2O3. The van der Waals surface area contributed by atoms with Crippen molar-refractivity contribution in [3.8, 4) is 0 Å². The molecule has 1 N–H and O–H groups in total. The summed E-state index contributed by atoms with van der Waals surface area (Å²) < 4.78 is 27.9. The summed E-state index contributed by atoms with van der Waals surface area (Å²) in [7, 11) is 0. The van der Waals surface area contributed by atoms with Gasteiger partial charge in [0.15, 0.2) is 0 Å².